The summed E-state index contributed by atoms with van der Waals surface area (Å²) < 4.78 is 42.7. The first kappa shape index (κ1) is 13.3. The van der Waals surface area contributed by atoms with Gasteiger partial charge >= 0.3 is 6.18 Å². The lowest BCUT2D eigenvalue weighted by Gasteiger charge is -2.15. The zero-order valence-corrected chi connectivity index (χ0v) is 9.04. The molecule has 0 fully saturated rings. The number of aromatic hydroxyl groups is 1. The molecule has 0 aliphatic rings. The quantitative estimate of drug-likeness (QED) is 0.833. The van der Waals surface area contributed by atoms with Gasteiger partial charge in [-0.2, -0.15) is 13.2 Å². The highest BCUT2D eigenvalue weighted by Gasteiger charge is 2.35. The Bertz CT molecular complexity index is 413. The van der Waals surface area contributed by atoms with Crippen LogP contribution < -0.4 is 4.74 Å². The van der Waals surface area contributed by atoms with Crippen LogP contribution in [0.25, 0.3) is 0 Å². The molecule has 1 N–H and O–H groups in total. The zero-order valence-electron chi connectivity index (χ0n) is 9.04. The Labute approximate surface area is 95.8 Å². The molecule has 6 heteroatoms. The van der Waals surface area contributed by atoms with Crippen LogP contribution in [0.4, 0.5) is 13.2 Å². The van der Waals surface area contributed by atoms with Crippen molar-refractivity contribution in [3.05, 3.63) is 23.3 Å². The lowest BCUT2D eigenvalue weighted by molar-refractivity contribution is -0.138. The van der Waals surface area contributed by atoms with Gasteiger partial charge in [-0.15, -0.1) is 0 Å². The van der Waals surface area contributed by atoms with Crippen LogP contribution in [0.5, 0.6) is 11.5 Å². The summed E-state index contributed by atoms with van der Waals surface area (Å²) in [6.07, 6.45) is -4.34. The third kappa shape index (κ3) is 2.89. The van der Waals surface area contributed by atoms with Crippen LogP contribution in [0.15, 0.2) is 12.1 Å². The summed E-state index contributed by atoms with van der Waals surface area (Å²) in [4.78, 5) is 10.2. The average molecular weight is 248 g/mol. The molecule has 1 aromatic rings. The van der Waals surface area contributed by atoms with E-state index in [-0.39, 0.29) is 24.2 Å². The maximum atomic E-state index is 12.7. The fourth-order valence-corrected chi connectivity index (χ4v) is 1.50. The second kappa shape index (κ2) is 5.07. The Morgan fingerprint density at radius 1 is 1.41 bits per heavy atom. The summed E-state index contributed by atoms with van der Waals surface area (Å²) in [5.41, 5.74) is -1.26. The van der Waals surface area contributed by atoms with E-state index >= 15 is 0 Å². The molecule has 0 aliphatic heterocycles. The third-order valence-corrected chi connectivity index (χ3v) is 2.28. The Morgan fingerprint density at radius 2 is 2.06 bits per heavy atom. The molecular formula is C11H11F3O3. The molecule has 94 valence electrons. The minimum Gasteiger partial charge on any atom is -0.504 e. The first-order chi connectivity index (χ1) is 7.91. The van der Waals surface area contributed by atoms with Crippen molar-refractivity contribution < 1.29 is 27.8 Å². The second-order valence-corrected chi connectivity index (χ2v) is 3.35. The number of hydrogen-bond acceptors (Lipinski definition) is 3. The summed E-state index contributed by atoms with van der Waals surface area (Å²) >= 11 is 0. The van der Waals surface area contributed by atoms with E-state index in [9.17, 15) is 23.1 Å². The first-order valence-corrected chi connectivity index (χ1v) is 4.81. The Morgan fingerprint density at radius 3 is 2.53 bits per heavy atom. The molecule has 3 nitrogen and oxygen atoms in total. The molecule has 17 heavy (non-hydrogen) atoms. The highest BCUT2D eigenvalue weighted by atomic mass is 19.4. The van der Waals surface area contributed by atoms with Gasteiger partial charge in [0.1, 0.15) is 6.29 Å². The molecule has 0 aliphatic carbocycles. The second-order valence-electron chi connectivity index (χ2n) is 3.35. The lowest BCUT2D eigenvalue weighted by Crippen LogP contribution is -2.10. The van der Waals surface area contributed by atoms with Crippen molar-refractivity contribution in [2.75, 3.05) is 7.11 Å². The van der Waals surface area contributed by atoms with Crippen molar-refractivity contribution in [3.63, 3.8) is 0 Å². The van der Waals surface area contributed by atoms with Crippen molar-refractivity contribution >= 4 is 6.29 Å². The monoisotopic (exact) mass is 248 g/mol. The number of phenols is 1. The van der Waals surface area contributed by atoms with Crippen LogP contribution in [-0.2, 0) is 17.4 Å². The maximum absolute atomic E-state index is 12.7. The van der Waals surface area contributed by atoms with Crippen LogP contribution in [0, 0.1) is 0 Å². The topological polar surface area (TPSA) is 46.5 Å². The summed E-state index contributed by atoms with van der Waals surface area (Å²) in [7, 11) is 1.24. The predicted molar refractivity (Wildman–Crippen MR) is 54.0 cm³/mol. The van der Waals surface area contributed by atoms with E-state index in [4.69, 9.17) is 4.74 Å². The van der Waals surface area contributed by atoms with E-state index in [0.717, 1.165) is 12.1 Å². The van der Waals surface area contributed by atoms with Crippen LogP contribution in [-0.4, -0.2) is 18.5 Å². The molecule has 0 saturated heterocycles. The van der Waals surface area contributed by atoms with Gasteiger partial charge in [0.15, 0.2) is 11.5 Å². The maximum Gasteiger partial charge on any atom is 0.416 e. The van der Waals surface area contributed by atoms with Crippen LogP contribution >= 0.6 is 0 Å². The number of benzene rings is 1. The van der Waals surface area contributed by atoms with Gasteiger partial charge in [-0.1, -0.05) is 0 Å². The number of hydrogen-bond donors (Lipinski definition) is 1. The summed E-state index contributed by atoms with van der Waals surface area (Å²) in [5.74, 6) is -0.608. The van der Waals surface area contributed by atoms with E-state index in [0.29, 0.717) is 6.29 Å². The van der Waals surface area contributed by atoms with Crippen molar-refractivity contribution in [1.29, 1.82) is 0 Å². The number of rotatable bonds is 4. The Kier molecular flexibility index (Phi) is 3.98. The molecule has 0 amide bonds. The number of halogens is 3. The average Bonchev–Trinajstić information content (AvgIpc) is 2.25. The van der Waals surface area contributed by atoms with Gasteiger partial charge in [0.05, 0.1) is 12.7 Å². The van der Waals surface area contributed by atoms with Crippen LogP contribution in [0.2, 0.25) is 0 Å². The van der Waals surface area contributed by atoms with E-state index in [1.807, 2.05) is 0 Å². The number of ether oxygens (including phenoxy) is 1. The summed E-state index contributed by atoms with van der Waals surface area (Å²) in [5, 5.41) is 9.62. The number of alkyl halides is 3. The van der Waals surface area contributed by atoms with E-state index in [2.05, 4.69) is 0 Å². The number of aldehydes is 1. The molecular weight excluding hydrogens is 237 g/mol. The summed E-state index contributed by atoms with van der Waals surface area (Å²) in [6.45, 7) is 0. The minimum absolute atomic E-state index is 0.0427. The van der Waals surface area contributed by atoms with E-state index in [1.165, 1.54) is 7.11 Å². The normalized spacial score (nSPS) is 11.3. The fraction of sp³-hybridized carbons (Fsp3) is 0.364. The largest absolute Gasteiger partial charge is 0.504 e. The summed E-state index contributed by atoms with van der Waals surface area (Å²) in [6, 6.07) is 1.88. The molecule has 0 aromatic heterocycles. The standard InChI is InChI=1S/C11H11F3O3/c1-17-9-5-4-8(11(12,13)14)7(10(9)16)3-2-6-15/h4-6,16H,2-3H2,1H3. The van der Waals surface area contributed by atoms with Crippen molar-refractivity contribution in [2.45, 2.75) is 19.0 Å². The highest BCUT2D eigenvalue weighted by Crippen LogP contribution is 2.40. The zero-order chi connectivity index (χ0) is 13.1. The molecule has 0 atom stereocenters. The molecule has 0 bridgehead atoms. The fourth-order valence-electron chi connectivity index (χ4n) is 1.50. The van der Waals surface area contributed by atoms with E-state index < -0.39 is 17.5 Å². The molecule has 0 heterocycles. The van der Waals surface area contributed by atoms with Gasteiger partial charge in [-0.05, 0) is 18.6 Å². The van der Waals surface area contributed by atoms with Crippen LogP contribution in [0.3, 0.4) is 0 Å². The van der Waals surface area contributed by atoms with Gasteiger partial charge in [0, 0.05) is 12.0 Å². The number of methoxy groups -OCH3 is 1. The smallest absolute Gasteiger partial charge is 0.416 e. The molecule has 0 unspecified atom stereocenters. The van der Waals surface area contributed by atoms with Gasteiger partial charge in [-0.25, -0.2) is 0 Å². The Balaban J connectivity index is 3.30. The molecule has 0 radical (unpaired) electrons. The lowest BCUT2D eigenvalue weighted by atomic mass is 10.0. The SMILES string of the molecule is COc1ccc(C(F)(F)F)c(CCC=O)c1O. The molecule has 1 rings (SSSR count). The van der Waals surface area contributed by atoms with Gasteiger partial charge < -0.3 is 14.6 Å². The number of phenolic OH excluding ortho intramolecular Hbond substituents is 1. The van der Waals surface area contributed by atoms with Crippen molar-refractivity contribution in [2.24, 2.45) is 0 Å². The van der Waals surface area contributed by atoms with Gasteiger partial charge in [0.25, 0.3) is 0 Å². The number of carbonyl (C=O) groups excluding carboxylic acids is 1. The van der Waals surface area contributed by atoms with Crippen LogP contribution in [0.1, 0.15) is 17.5 Å². The molecule has 0 spiro atoms. The predicted octanol–water partition coefficient (Wildman–Crippen LogP) is 2.55. The first-order valence-electron chi connectivity index (χ1n) is 4.81. The molecule has 1 aromatic carbocycles. The van der Waals surface area contributed by atoms with Crippen molar-refractivity contribution in [1.82, 2.24) is 0 Å². The van der Waals surface area contributed by atoms with E-state index in [1.54, 1.807) is 0 Å². The van der Waals surface area contributed by atoms with Crippen molar-refractivity contribution in [3.8, 4) is 11.5 Å². The highest BCUT2D eigenvalue weighted by molar-refractivity contribution is 5.55. The van der Waals surface area contributed by atoms with Gasteiger partial charge in [-0.3, -0.25) is 0 Å². The molecule has 0 saturated carbocycles. The van der Waals surface area contributed by atoms with Gasteiger partial charge in [0.2, 0.25) is 0 Å². The minimum atomic E-state index is -4.57. The number of carbonyl (C=O) groups is 1. The third-order valence-electron chi connectivity index (χ3n) is 2.28. The Hall–Kier alpha value is -1.72.